The van der Waals surface area contributed by atoms with Gasteiger partial charge in [-0.1, -0.05) is 46.0 Å². The highest BCUT2D eigenvalue weighted by atomic mass is 16.2. The van der Waals surface area contributed by atoms with Crippen LogP contribution in [0.5, 0.6) is 0 Å². The van der Waals surface area contributed by atoms with Crippen LogP contribution in [0.1, 0.15) is 71.6 Å². The van der Waals surface area contributed by atoms with Crippen molar-refractivity contribution in [2.45, 2.75) is 71.6 Å². The van der Waals surface area contributed by atoms with Gasteiger partial charge in [0.15, 0.2) is 0 Å². The van der Waals surface area contributed by atoms with Gasteiger partial charge in [0.25, 0.3) is 0 Å². The van der Waals surface area contributed by atoms with E-state index in [-0.39, 0.29) is 5.92 Å². The molecule has 1 aliphatic rings. The molecule has 0 aromatic heterocycles. The highest BCUT2D eigenvalue weighted by molar-refractivity contribution is 5.79. The lowest BCUT2D eigenvalue weighted by Gasteiger charge is -2.28. The summed E-state index contributed by atoms with van der Waals surface area (Å²) in [5.74, 6) is 1.04. The molecule has 2 unspecified atom stereocenters. The number of nitrogens with two attached hydrogens (primary N) is 1. The Bertz CT molecular complexity index is 258. The van der Waals surface area contributed by atoms with E-state index in [0.29, 0.717) is 18.4 Å². The van der Waals surface area contributed by atoms with Crippen molar-refractivity contribution < 1.29 is 4.79 Å². The summed E-state index contributed by atoms with van der Waals surface area (Å²) in [6, 6.07) is 0. The molecule has 0 heterocycles. The molecule has 0 aromatic carbocycles. The van der Waals surface area contributed by atoms with Gasteiger partial charge in [0.1, 0.15) is 0 Å². The molecule has 0 aliphatic heterocycles. The molecule has 2 N–H and O–H groups in total. The third-order valence-corrected chi connectivity index (χ3v) is 4.65. The Morgan fingerprint density at radius 1 is 1.05 bits per heavy atom. The molecule has 118 valence electrons. The zero-order valence-electron chi connectivity index (χ0n) is 13.6. The molecule has 3 heteroatoms. The first-order valence-corrected chi connectivity index (χ1v) is 8.73. The van der Waals surface area contributed by atoms with Crippen LogP contribution in [0.15, 0.2) is 0 Å². The average Bonchev–Trinajstić information content (AvgIpc) is 2.93. The third-order valence-electron chi connectivity index (χ3n) is 4.65. The molecule has 0 radical (unpaired) electrons. The first kappa shape index (κ1) is 17.5. The van der Waals surface area contributed by atoms with E-state index >= 15 is 0 Å². The summed E-state index contributed by atoms with van der Waals surface area (Å²) in [7, 11) is 0. The molecular formula is C17H34N2O. The van der Waals surface area contributed by atoms with E-state index in [2.05, 4.69) is 18.7 Å². The fourth-order valence-corrected chi connectivity index (χ4v) is 3.32. The molecule has 0 spiro atoms. The lowest BCUT2D eigenvalue weighted by molar-refractivity contribution is -0.136. The molecule has 0 saturated heterocycles. The zero-order chi connectivity index (χ0) is 14.8. The standard InChI is InChI=1S/C17H34N2O/c1-3-5-7-12-19(13-8-6-4-2)17(20)16-11-9-10-15(16)14-18/h15-16H,3-14,18H2,1-2H3. The normalized spacial score (nSPS) is 22.1. The minimum atomic E-state index is 0.211. The SMILES string of the molecule is CCCCCN(CCCCC)C(=O)C1CCCC1CN. The van der Waals surface area contributed by atoms with E-state index in [9.17, 15) is 4.79 Å². The molecule has 0 aromatic rings. The van der Waals surface area contributed by atoms with Crippen LogP contribution in [0, 0.1) is 11.8 Å². The van der Waals surface area contributed by atoms with Crippen molar-refractivity contribution in [1.29, 1.82) is 0 Å². The number of carbonyl (C=O) groups is 1. The van der Waals surface area contributed by atoms with Crippen LogP contribution in [0.4, 0.5) is 0 Å². The number of rotatable bonds is 10. The monoisotopic (exact) mass is 282 g/mol. The predicted molar refractivity (Wildman–Crippen MR) is 85.5 cm³/mol. The minimum Gasteiger partial charge on any atom is -0.342 e. The number of hydrogen-bond donors (Lipinski definition) is 1. The van der Waals surface area contributed by atoms with E-state index in [1.54, 1.807) is 0 Å². The first-order chi connectivity index (χ1) is 9.74. The summed E-state index contributed by atoms with van der Waals surface area (Å²) >= 11 is 0. The van der Waals surface area contributed by atoms with E-state index in [1.807, 2.05) is 0 Å². The summed E-state index contributed by atoms with van der Waals surface area (Å²) in [5.41, 5.74) is 5.83. The Labute approximate surface area is 125 Å². The van der Waals surface area contributed by atoms with Crippen LogP contribution >= 0.6 is 0 Å². The molecule has 1 fully saturated rings. The molecule has 1 saturated carbocycles. The largest absolute Gasteiger partial charge is 0.342 e. The number of nitrogens with zero attached hydrogens (tertiary/aromatic N) is 1. The van der Waals surface area contributed by atoms with Crippen LogP contribution in [0.2, 0.25) is 0 Å². The molecule has 0 bridgehead atoms. The van der Waals surface area contributed by atoms with Crippen molar-refractivity contribution >= 4 is 5.91 Å². The molecule has 1 aliphatic carbocycles. The Hall–Kier alpha value is -0.570. The summed E-state index contributed by atoms with van der Waals surface area (Å²) in [6.45, 7) is 7.00. The number of hydrogen-bond acceptors (Lipinski definition) is 2. The second kappa shape index (κ2) is 10.2. The smallest absolute Gasteiger partial charge is 0.226 e. The molecular weight excluding hydrogens is 248 g/mol. The molecule has 1 rings (SSSR count). The Morgan fingerprint density at radius 2 is 1.65 bits per heavy atom. The lowest BCUT2D eigenvalue weighted by Crippen LogP contribution is -2.40. The highest BCUT2D eigenvalue weighted by Gasteiger charge is 2.34. The van der Waals surface area contributed by atoms with Crippen LogP contribution in [0.3, 0.4) is 0 Å². The van der Waals surface area contributed by atoms with Crippen LogP contribution < -0.4 is 5.73 Å². The van der Waals surface area contributed by atoms with Gasteiger partial charge < -0.3 is 10.6 Å². The summed E-state index contributed by atoms with van der Waals surface area (Å²) < 4.78 is 0. The van der Waals surface area contributed by atoms with E-state index < -0.39 is 0 Å². The van der Waals surface area contributed by atoms with Crippen molar-refractivity contribution in [3.05, 3.63) is 0 Å². The minimum absolute atomic E-state index is 0.211. The second-order valence-corrected chi connectivity index (χ2v) is 6.27. The number of amides is 1. The summed E-state index contributed by atoms with van der Waals surface area (Å²) in [6.07, 6.45) is 10.5. The second-order valence-electron chi connectivity index (χ2n) is 6.27. The van der Waals surface area contributed by atoms with E-state index in [1.165, 1.54) is 32.1 Å². The van der Waals surface area contributed by atoms with Crippen molar-refractivity contribution in [3.8, 4) is 0 Å². The topological polar surface area (TPSA) is 46.3 Å². The highest BCUT2D eigenvalue weighted by Crippen LogP contribution is 2.32. The fraction of sp³-hybridized carbons (Fsp3) is 0.941. The van der Waals surface area contributed by atoms with Crippen LogP contribution in [0.25, 0.3) is 0 Å². The van der Waals surface area contributed by atoms with Gasteiger partial charge in [-0.2, -0.15) is 0 Å². The third kappa shape index (κ3) is 5.43. The van der Waals surface area contributed by atoms with Crippen molar-refractivity contribution in [1.82, 2.24) is 4.90 Å². The summed E-state index contributed by atoms with van der Waals surface area (Å²) in [4.78, 5) is 14.9. The van der Waals surface area contributed by atoms with E-state index in [4.69, 9.17) is 5.73 Å². The fourth-order valence-electron chi connectivity index (χ4n) is 3.32. The van der Waals surface area contributed by atoms with Crippen molar-refractivity contribution in [2.75, 3.05) is 19.6 Å². The number of unbranched alkanes of at least 4 members (excludes halogenated alkanes) is 4. The van der Waals surface area contributed by atoms with Gasteiger partial charge in [0, 0.05) is 19.0 Å². The Balaban J connectivity index is 2.52. The van der Waals surface area contributed by atoms with Crippen LogP contribution in [-0.4, -0.2) is 30.4 Å². The van der Waals surface area contributed by atoms with Gasteiger partial charge in [0.05, 0.1) is 0 Å². The molecule has 2 atom stereocenters. The maximum absolute atomic E-state index is 12.8. The zero-order valence-corrected chi connectivity index (χ0v) is 13.6. The van der Waals surface area contributed by atoms with Gasteiger partial charge in [-0.3, -0.25) is 4.79 Å². The van der Waals surface area contributed by atoms with Gasteiger partial charge in [-0.25, -0.2) is 0 Å². The maximum Gasteiger partial charge on any atom is 0.226 e. The van der Waals surface area contributed by atoms with Gasteiger partial charge in [-0.15, -0.1) is 0 Å². The first-order valence-electron chi connectivity index (χ1n) is 8.73. The Morgan fingerprint density at radius 3 is 2.15 bits per heavy atom. The maximum atomic E-state index is 12.8. The van der Waals surface area contributed by atoms with Gasteiger partial charge in [-0.05, 0) is 38.1 Å². The predicted octanol–water partition coefficient (Wildman–Crippen LogP) is 3.57. The number of carbonyl (C=O) groups excluding carboxylic acids is 1. The molecule has 1 amide bonds. The van der Waals surface area contributed by atoms with Crippen LogP contribution in [-0.2, 0) is 4.79 Å². The Kier molecular flexibility index (Phi) is 8.92. The van der Waals surface area contributed by atoms with E-state index in [0.717, 1.165) is 38.8 Å². The average molecular weight is 282 g/mol. The van der Waals surface area contributed by atoms with Gasteiger partial charge >= 0.3 is 0 Å². The summed E-state index contributed by atoms with van der Waals surface area (Å²) in [5, 5.41) is 0. The van der Waals surface area contributed by atoms with Gasteiger partial charge in [0.2, 0.25) is 5.91 Å². The quantitative estimate of drug-likeness (QED) is 0.623. The lowest BCUT2D eigenvalue weighted by atomic mass is 9.94. The molecule has 3 nitrogen and oxygen atoms in total. The van der Waals surface area contributed by atoms with Crippen molar-refractivity contribution in [3.63, 3.8) is 0 Å². The van der Waals surface area contributed by atoms with Crippen molar-refractivity contribution in [2.24, 2.45) is 17.6 Å². The molecule has 20 heavy (non-hydrogen) atoms.